The first-order chi connectivity index (χ1) is 7.87. The molecule has 0 atom stereocenters. The van der Waals surface area contributed by atoms with Gasteiger partial charge in [-0.1, -0.05) is 17.7 Å². The highest BCUT2D eigenvalue weighted by molar-refractivity contribution is 6.51. The minimum Gasteiger partial charge on any atom is -0.572 e. The molecule has 90 valence electrons. The van der Waals surface area contributed by atoms with Gasteiger partial charge in [0.25, 0.3) is 5.78 Å². The third-order valence-corrected chi connectivity index (χ3v) is 2.57. The van der Waals surface area contributed by atoms with Crippen LogP contribution in [0.25, 0.3) is 0 Å². The van der Waals surface area contributed by atoms with E-state index >= 15 is 0 Å². The molecule has 0 radical (unpaired) electrons. The predicted molar refractivity (Wildman–Crippen MR) is 63.1 cm³/mol. The predicted octanol–water partition coefficient (Wildman–Crippen LogP) is 3.33. The molecular weight excluding hydrogens is 225 g/mol. The first-order valence-corrected chi connectivity index (χ1v) is 5.38. The largest absolute Gasteiger partial charge is 0.994 e. The van der Waals surface area contributed by atoms with E-state index in [0.29, 0.717) is 5.56 Å². The van der Waals surface area contributed by atoms with Gasteiger partial charge in [-0.15, -0.1) is 0 Å². The quantitative estimate of drug-likeness (QED) is 0.542. The summed E-state index contributed by atoms with van der Waals surface area (Å²) in [6.07, 6.45) is 1.48. The number of benzene rings is 1. The lowest BCUT2D eigenvalue weighted by atomic mass is 10.00. The molecule has 0 fully saturated rings. The van der Waals surface area contributed by atoms with Gasteiger partial charge in [-0.05, 0) is 32.4 Å². The van der Waals surface area contributed by atoms with E-state index in [-0.39, 0.29) is 11.5 Å². The lowest BCUT2D eigenvalue weighted by Gasteiger charge is -2.17. The molecule has 0 spiro atoms. The normalized spacial score (nSPS) is 18.2. The van der Waals surface area contributed by atoms with E-state index < -0.39 is 7.11 Å². The minimum absolute atomic E-state index is 0.163. The van der Waals surface area contributed by atoms with Gasteiger partial charge in [-0.25, -0.2) is 0 Å². The number of rotatable bonds is 1. The van der Waals surface area contributed by atoms with Crippen molar-refractivity contribution < 1.29 is 17.6 Å². The van der Waals surface area contributed by atoms with Crippen molar-refractivity contribution in [3.05, 3.63) is 46.7 Å². The van der Waals surface area contributed by atoms with Crippen molar-refractivity contribution in [1.82, 2.24) is 0 Å². The highest BCUT2D eigenvalue weighted by Crippen LogP contribution is 2.23. The lowest BCUT2D eigenvalue weighted by molar-refractivity contribution is -0.189. The molecule has 0 amide bonds. The third-order valence-electron chi connectivity index (χ3n) is 2.57. The molecule has 5 heteroatoms. The van der Waals surface area contributed by atoms with E-state index in [1.165, 1.54) is 13.0 Å². The van der Waals surface area contributed by atoms with Crippen molar-refractivity contribution in [2.24, 2.45) is 0 Å². The van der Waals surface area contributed by atoms with Gasteiger partial charge in [0.1, 0.15) is 0 Å². The monoisotopic (exact) mass is 238 g/mol. The van der Waals surface area contributed by atoms with Crippen molar-refractivity contribution in [3.8, 4) is 0 Å². The lowest BCUT2D eigenvalue weighted by Crippen LogP contribution is -2.30. The van der Waals surface area contributed by atoms with Crippen LogP contribution in [-0.4, -0.2) is 12.9 Å². The topological polar surface area (TPSA) is 20.5 Å². The van der Waals surface area contributed by atoms with Crippen molar-refractivity contribution in [2.45, 2.75) is 20.8 Å². The highest BCUT2D eigenvalue weighted by Gasteiger charge is 2.52. The zero-order valence-corrected chi connectivity index (χ0v) is 9.96. The van der Waals surface area contributed by atoms with Gasteiger partial charge in [0.2, 0.25) is 0 Å². The van der Waals surface area contributed by atoms with E-state index in [9.17, 15) is 8.63 Å². The maximum atomic E-state index is 13.2. The standard InChI is InChI=1S/C12H13BF2O2/c1-8-4-5-11(9(2)6-8)12-7-10(3)16-13(14,15)17-12/h4-7H,1-3H3. The average Bonchev–Trinajstić information content (AvgIpc) is 2.13. The van der Waals surface area contributed by atoms with E-state index in [0.717, 1.165) is 11.1 Å². The van der Waals surface area contributed by atoms with Crippen molar-refractivity contribution in [1.29, 1.82) is 0 Å². The molecule has 17 heavy (non-hydrogen) atoms. The molecule has 0 unspecified atom stereocenters. The van der Waals surface area contributed by atoms with Crippen molar-refractivity contribution >= 4 is 12.9 Å². The number of hydrogen-bond donors (Lipinski definition) is 0. The van der Waals surface area contributed by atoms with Crippen LogP contribution in [-0.2, 0) is 4.65 Å². The molecule has 1 aliphatic rings. The number of carbonyl (C=O) groups excluding carboxylic acids is 1. The summed E-state index contributed by atoms with van der Waals surface area (Å²) in [7, 11) is -4.24. The Morgan fingerprint density at radius 1 is 1.18 bits per heavy atom. The fraction of sp³-hybridized carbons (Fsp3) is 0.250. The van der Waals surface area contributed by atoms with Crippen LogP contribution >= 0.6 is 0 Å². The summed E-state index contributed by atoms with van der Waals surface area (Å²) in [6, 6.07) is 5.57. The molecule has 0 N–H and O–H groups in total. The first kappa shape index (κ1) is 11.8. The summed E-state index contributed by atoms with van der Waals surface area (Å²) in [5.74, 6) is 0.326. The average molecular weight is 238 g/mol. The molecule has 0 aliphatic carbocycles. The van der Waals surface area contributed by atoms with Gasteiger partial charge in [0.15, 0.2) is 0 Å². The molecule has 0 saturated carbocycles. The van der Waals surface area contributed by atoms with Gasteiger partial charge in [0, 0.05) is 0 Å². The molecule has 2 nitrogen and oxygen atoms in total. The van der Waals surface area contributed by atoms with Crippen molar-refractivity contribution in [3.63, 3.8) is 0 Å². The second-order valence-electron chi connectivity index (χ2n) is 4.21. The number of allylic oxidation sites excluding steroid dienone is 2. The Labute approximate surface area is 98.7 Å². The Morgan fingerprint density at radius 2 is 1.88 bits per heavy atom. The molecule has 2 rings (SSSR count). The van der Waals surface area contributed by atoms with Gasteiger partial charge in [-0.2, -0.15) is 0 Å². The summed E-state index contributed by atoms with van der Waals surface area (Å²) >= 11 is 0. The third kappa shape index (κ3) is 2.54. The van der Waals surface area contributed by atoms with E-state index in [1.54, 1.807) is 6.07 Å². The molecule has 1 heterocycles. The van der Waals surface area contributed by atoms with Crippen LogP contribution < -0.4 is 0 Å². The van der Waals surface area contributed by atoms with Gasteiger partial charge in [-0.3, -0.25) is 0 Å². The van der Waals surface area contributed by atoms with Crippen LogP contribution in [0.15, 0.2) is 30.0 Å². The van der Waals surface area contributed by atoms with Crippen LogP contribution in [0.3, 0.4) is 0 Å². The van der Waals surface area contributed by atoms with Crippen LogP contribution in [0, 0.1) is 13.8 Å². The van der Waals surface area contributed by atoms with Crippen LogP contribution in [0.5, 0.6) is 0 Å². The Kier molecular flexibility index (Phi) is 2.77. The zero-order valence-electron chi connectivity index (χ0n) is 9.96. The van der Waals surface area contributed by atoms with E-state index in [4.69, 9.17) is 0 Å². The Bertz CT molecular complexity index is 521. The molecule has 0 aromatic heterocycles. The second kappa shape index (κ2) is 3.98. The highest BCUT2D eigenvalue weighted by atomic mass is 19.3. The fourth-order valence-corrected chi connectivity index (χ4v) is 1.87. The van der Waals surface area contributed by atoms with Crippen LogP contribution in [0.1, 0.15) is 28.0 Å². The summed E-state index contributed by atoms with van der Waals surface area (Å²) < 4.78 is 35.3. The van der Waals surface area contributed by atoms with Crippen LogP contribution in [0.4, 0.5) is 8.63 Å². The fourth-order valence-electron chi connectivity index (χ4n) is 1.87. The molecule has 1 aromatic carbocycles. The second-order valence-corrected chi connectivity index (χ2v) is 4.21. The Morgan fingerprint density at radius 3 is 2.47 bits per heavy atom. The zero-order chi connectivity index (χ0) is 12.6. The van der Waals surface area contributed by atoms with Gasteiger partial charge >= 0.3 is 7.11 Å². The number of halogens is 2. The molecule has 1 aromatic rings. The summed E-state index contributed by atoms with van der Waals surface area (Å²) in [5, 5.41) is 0. The Hall–Kier alpha value is -1.65. The SMILES string of the molecule is CC1=CC(c2ccc(C)cc2C)=[O+][B-](F)(F)O1. The van der Waals surface area contributed by atoms with Crippen molar-refractivity contribution in [2.75, 3.05) is 0 Å². The smallest absolute Gasteiger partial charge is 0.572 e. The minimum atomic E-state index is -4.24. The number of hydrogen-bond acceptors (Lipinski definition) is 1. The summed E-state index contributed by atoms with van der Waals surface area (Å²) in [6.45, 7) is 5.30. The first-order valence-electron chi connectivity index (χ1n) is 5.38. The maximum Gasteiger partial charge on any atom is 0.994 e. The summed E-state index contributed by atoms with van der Waals surface area (Å²) in [5.41, 5.74) is 2.65. The van der Waals surface area contributed by atoms with Gasteiger partial charge < -0.3 is 17.6 Å². The maximum absolute atomic E-state index is 13.2. The van der Waals surface area contributed by atoms with E-state index in [1.807, 2.05) is 26.0 Å². The van der Waals surface area contributed by atoms with E-state index in [2.05, 4.69) is 9.00 Å². The van der Waals surface area contributed by atoms with Crippen LogP contribution in [0.2, 0.25) is 0 Å². The molecule has 0 bridgehead atoms. The number of aryl methyl sites for hydroxylation is 2. The summed E-state index contributed by atoms with van der Waals surface area (Å²) in [4.78, 5) is 0. The Balaban J connectivity index is 2.50. The molecule has 1 aliphatic heterocycles. The molecular formula is C12H13BF2O2. The number of ketones is 1. The van der Waals surface area contributed by atoms with Gasteiger partial charge in [0.05, 0.1) is 17.4 Å². The molecule has 0 saturated heterocycles.